The Hall–Kier alpha value is -2.98. The van der Waals surface area contributed by atoms with Crippen molar-refractivity contribution in [2.24, 2.45) is 0 Å². The van der Waals surface area contributed by atoms with Crippen LogP contribution in [0.25, 0.3) is 5.69 Å². The lowest BCUT2D eigenvalue weighted by Gasteiger charge is -2.35. The molecule has 0 spiro atoms. The molecule has 168 valence electrons. The van der Waals surface area contributed by atoms with Crippen molar-refractivity contribution >= 4 is 21.7 Å². The molecule has 9 nitrogen and oxygen atoms in total. The highest BCUT2D eigenvalue weighted by Crippen LogP contribution is 2.24. The van der Waals surface area contributed by atoms with E-state index < -0.39 is 10.0 Å². The van der Waals surface area contributed by atoms with Gasteiger partial charge in [-0.25, -0.2) is 23.1 Å². The first-order chi connectivity index (χ1) is 15.6. The Kier molecular flexibility index (Phi) is 5.79. The summed E-state index contributed by atoms with van der Waals surface area (Å²) in [6.07, 6.45) is 8.79. The molecule has 4 heterocycles. The normalized spacial score (nSPS) is 18.1. The molecule has 2 aromatic heterocycles. The second kappa shape index (κ2) is 8.87. The van der Waals surface area contributed by atoms with E-state index in [-0.39, 0.29) is 0 Å². The minimum Gasteiger partial charge on any atom is -0.356 e. The summed E-state index contributed by atoms with van der Waals surface area (Å²) >= 11 is 0. The standard InChI is InChI=1S/C22H27N7O2S/c30-32(31,20-7-5-19(6-8-20)29-12-4-9-25-29)28-15-13-27(14-16-28)22-17-21(23-18-24-22)26-10-2-1-3-11-26/h4-9,12,17-18H,1-3,10-11,13-16H2. The lowest BCUT2D eigenvalue weighted by atomic mass is 10.1. The Morgan fingerprint density at radius 2 is 1.44 bits per heavy atom. The number of nitrogens with zero attached hydrogens (tertiary/aromatic N) is 7. The second-order valence-corrected chi connectivity index (χ2v) is 10.1. The van der Waals surface area contributed by atoms with E-state index in [1.807, 2.05) is 18.3 Å². The van der Waals surface area contributed by atoms with Gasteiger partial charge in [-0.2, -0.15) is 9.40 Å². The minimum atomic E-state index is -3.54. The summed E-state index contributed by atoms with van der Waals surface area (Å²) < 4.78 is 29.5. The fraction of sp³-hybridized carbons (Fsp3) is 0.409. The van der Waals surface area contributed by atoms with Gasteiger partial charge >= 0.3 is 0 Å². The quantitative estimate of drug-likeness (QED) is 0.585. The van der Waals surface area contributed by atoms with Gasteiger partial charge in [-0.15, -0.1) is 0 Å². The van der Waals surface area contributed by atoms with Crippen molar-refractivity contribution in [3.05, 3.63) is 55.1 Å². The average Bonchev–Trinajstić information content (AvgIpc) is 3.40. The van der Waals surface area contributed by atoms with Crippen molar-refractivity contribution in [2.75, 3.05) is 49.1 Å². The lowest BCUT2D eigenvalue weighted by Crippen LogP contribution is -2.49. The largest absolute Gasteiger partial charge is 0.356 e. The molecule has 3 aromatic rings. The van der Waals surface area contributed by atoms with E-state index in [4.69, 9.17) is 0 Å². The number of anilines is 2. The van der Waals surface area contributed by atoms with E-state index in [0.29, 0.717) is 31.1 Å². The van der Waals surface area contributed by atoms with Crippen molar-refractivity contribution in [3.63, 3.8) is 0 Å². The first-order valence-corrected chi connectivity index (χ1v) is 12.5. The molecule has 2 aliphatic heterocycles. The van der Waals surface area contributed by atoms with Crippen LogP contribution < -0.4 is 9.80 Å². The van der Waals surface area contributed by atoms with Gasteiger partial charge in [-0.3, -0.25) is 0 Å². The van der Waals surface area contributed by atoms with E-state index in [1.54, 1.807) is 45.8 Å². The van der Waals surface area contributed by atoms with Crippen LogP contribution in [0.4, 0.5) is 11.6 Å². The number of rotatable bonds is 5. The van der Waals surface area contributed by atoms with Gasteiger partial charge in [0.2, 0.25) is 10.0 Å². The Labute approximate surface area is 188 Å². The Morgan fingerprint density at radius 3 is 2.06 bits per heavy atom. The summed E-state index contributed by atoms with van der Waals surface area (Å²) in [6.45, 7) is 4.10. The molecule has 32 heavy (non-hydrogen) atoms. The Morgan fingerprint density at radius 1 is 0.781 bits per heavy atom. The van der Waals surface area contributed by atoms with Gasteiger partial charge in [0.25, 0.3) is 0 Å². The Bertz CT molecular complexity index is 1140. The van der Waals surface area contributed by atoms with Gasteiger partial charge in [0.1, 0.15) is 18.0 Å². The highest BCUT2D eigenvalue weighted by atomic mass is 32.2. The number of benzene rings is 1. The molecule has 5 rings (SSSR count). The third-order valence-electron chi connectivity index (χ3n) is 6.12. The maximum Gasteiger partial charge on any atom is 0.243 e. The van der Waals surface area contributed by atoms with E-state index in [9.17, 15) is 8.42 Å². The van der Waals surface area contributed by atoms with Gasteiger partial charge in [0.15, 0.2) is 0 Å². The van der Waals surface area contributed by atoms with Gasteiger partial charge in [0.05, 0.1) is 10.6 Å². The molecule has 10 heteroatoms. The highest BCUT2D eigenvalue weighted by molar-refractivity contribution is 7.89. The number of hydrogen-bond donors (Lipinski definition) is 0. The van der Waals surface area contributed by atoms with Crippen molar-refractivity contribution in [3.8, 4) is 5.69 Å². The third kappa shape index (κ3) is 4.20. The molecule has 2 aliphatic rings. The first kappa shape index (κ1) is 20.9. The fourth-order valence-corrected chi connectivity index (χ4v) is 5.73. The second-order valence-electron chi connectivity index (χ2n) is 8.12. The number of aromatic nitrogens is 4. The highest BCUT2D eigenvalue weighted by Gasteiger charge is 2.29. The van der Waals surface area contributed by atoms with Crippen molar-refractivity contribution in [1.82, 2.24) is 24.1 Å². The molecule has 2 saturated heterocycles. The summed E-state index contributed by atoms with van der Waals surface area (Å²) in [5.74, 6) is 1.82. The number of hydrogen-bond acceptors (Lipinski definition) is 7. The van der Waals surface area contributed by atoms with Crippen LogP contribution in [-0.2, 0) is 10.0 Å². The zero-order valence-electron chi connectivity index (χ0n) is 17.9. The molecule has 2 fully saturated rings. The molecule has 0 radical (unpaired) electrons. The molecule has 0 unspecified atom stereocenters. The third-order valence-corrected chi connectivity index (χ3v) is 8.04. The molecule has 0 bridgehead atoms. The number of piperazine rings is 1. The van der Waals surface area contributed by atoms with Crippen molar-refractivity contribution < 1.29 is 8.42 Å². The van der Waals surface area contributed by atoms with E-state index >= 15 is 0 Å². The summed E-state index contributed by atoms with van der Waals surface area (Å²) in [7, 11) is -3.54. The number of piperidine rings is 1. The average molecular weight is 454 g/mol. The summed E-state index contributed by atoms with van der Waals surface area (Å²) in [5, 5.41) is 4.18. The van der Waals surface area contributed by atoms with Crippen LogP contribution >= 0.6 is 0 Å². The maximum absolute atomic E-state index is 13.1. The van der Waals surface area contributed by atoms with Gasteiger partial charge < -0.3 is 9.80 Å². The molecule has 1 aromatic carbocycles. The zero-order valence-corrected chi connectivity index (χ0v) is 18.7. The first-order valence-electron chi connectivity index (χ1n) is 11.0. The van der Waals surface area contributed by atoms with Crippen LogP contribution in [-0.4, -0.2) is 71.7 Å². The topological polar surface area (TPSA) is 87.5 Å². The lowest BCUT2D eigenvalue weighted by molar-refractivity contribution is 0.383. The smallest absolute Gasteiger partial charge is 0.243 e. The maximum atomic E-state index is 13.1. The van der Waals surface area contributed by atoms with Crippen LogP contribution in [0.2, 0.25) is 0 Å². The summed E-state index contributed by atoms with van der Waals surface area (Å²) in [4.78, 5) is 13.7. The monoisotopic (exact) mass is 453 g/mol. The van der Waals surface area contributed by atoms with Crippen LogP contribution in [0.1, 0.15) is 19.3 Å². The van der Waals surface area contributed by atoms with E-state index in [0.717, 1.165) is 30.4 Å². The molecule has 0 N–H and O–H groups in total. The van der Waals surface area contributed by atoms with Crippen LogP contribution in [0.3, 0.4) is 0 Å². The predicted molar refractivity (Wildman–Crippen MR) is 123 cm³/mol. The molecule has 0 amide bonds. The van der Waals surface area contributed by atoms with Gasteiger partial charge in [-0.1, -0.05) is 0 Å². The van der Waals surface area contributed by atoms with E-state index in [2.05, 4.69) is 24.9 Å². The minimum absolute atomic E-state index is 0.302. The Balaban J connectivity index is 1.25. The SMILES string of the molecule is O=S(=O)(c1ccc(-n2cccn2)cc1)N1CCN(c2cc(N3CCCCC3)ncn2)CC1. The fourth-order valence-electron chi connectivity index (χ4n) is 4.31. The van der Waals surface area contributed by atoms with Crippen molar-refractivity contribution in [1.29, 1.82) is 0 Å². The van der Waals surface area contributed by atoms with Crippen LogP contribution in [0.5, 0.6) is 0 Å². The van der Waals surface area contributed by atoms with E-state index in [1.165, 1.54) is 19.3 Å². The van der Waals surface area contributed by atoms with Crippen molar-refractivity contribution in [2.45, 2.75) is 24.2 Å². The summed E-state index contributed by atoms with van der Waals surface area (Å²) in [5.41, 5.74) is 0.826. The van der Waals surface area contributed by atoms with Crippen LogP contribution in [0, 0.1) is 0 Å². The molecule has 0 atom stereocenters. The predicted octanol–water partition coefficient (Wildman–Crippen LogP) is 2.16. The van der Waals surface area contributed by atoms with Gasteiger partial charge in [-0.05, 0) is 49.6 Å². The molecular weight excluding hydrogens is 426 g/mol. The summed E-state index contributed by atoms with van der Waals surface area (Å²) in [6, 6.07) is 10.7. The van der Waals surface area contributed by atoms with Crippen LogP contribution in [0.15, 0.2) is 60.0 Å². The molecular formula is C22H27N7O2S. The zero-order chi connectivity index (χ0) is 22.0. The van der Waals surface area contributed by atoms with Gasteiger partial charge in [0, 0.05) is 57.7 Å². The number of sulfonamides is 1. The molecule has 0 saturated carbocycles. The molecule has 0 aliphatic carbocycles.